The van der Waals surface area contributed by atoms with Crippen LogP contribution in [-0.2, 0) is 10.8 Å². The Morgan fingerprint density at radius 1 is 1.20 bits per heavy atom. The van der Waals surface area contributed by atoms with E-state index in [-0.39, 0.29) is 5.56 Å². The van der Waals surface area contributed by atoms with Gasteiger partial charge in [0.15, 0.2) is 10.8 Å². The molecule has 0 saturated carbocycles. The van der Waals surface area contributed by atoms with Crippen LogP contribution in [0.15, 0.2) is 29.2 Å². The Bertz CT molecular complexity index is 399. The van der Waals surface area contributed by atoms with Gasteiger partial charge in [-0.05, 0) is 35.9 Å². The van der Waals surface area contributed by atoms with Crippen molar-refractivity contribution in [2.24, 2.45) is 0 Å². The lowest BCUT2D eigenvalue weighted by molar-refractivity contribution is -0.0384. The van der Waals surface area contributed by atoms with Gasteiger partial charge in [-0.3, -0.25) is 4.79 Å². The molecule has 0 radical (unpaired) electrons. The van der Waals surface area contributed by atoms with E-state index < -0.39 is 26.4 Å². The molecule has 7 heteroatoms. The van der Waals surface area contributed by atoms with Crippen LogP contribution in [0.4, 0.5) is 13.2 Å². The van der Waals surface area contributed by atoms with Crippen LogP contribution >= 0.6 is 11.6 Å². The summed E-state index contributed by atoms with van der Waals surface area (Å²) in [6.07, 6.45) is 0. The molecule has 0 amide bonds. The van der Waals surface area contributed by atoms with Crippen molar-refractivity contribution in [3.63, 3.8) is 0 Å². The van der Waals surface area contributed by atoms with Gasteiger partial charge in [0.2, 0.25) is 0 Å². The minimum atomic E-state index is -4.80. The second-order valence-electron chi connectivity index (χ2n) is 2.51. The molecule has 0 aliphatic heterocycles. The number of alkyl halides is 3. The molecule has 0 N–H and O–H groups in total. The predicted octanol–water partition coefficient (Wildman–Crippen LogP) is 2.69. The summed E-state index contributed by atoms with van der Waals surface area (Å²) < 4.78 is 46.8. The Hall–Kier alpha value is -0.880. The van der Waals surface area contributed by atoms with Crippen LogP contribution in [0.2, 0.25) is 0 Å². The average molecular weight is 257 g/mol. The zero-order chi connectivity index (χ0) is 11.6. The Labute approximate surface area is 90.5 Å². The summed E-state index contributed by atoms with van der Waals surface area (Å²) in [5.41, 5.74) is -4.74. The normalized spacial score (nSPS) is 13.6. The van der Waals surface area contributed by atoms with Gasteiger partial charge in [-0.2, -0.15) is 13.2 Å². The Kier molecular flexibility index (Phi) is 3.51. The van der Waals surface area contributed by atoms with Crippen LogP contribution in [0.3, 0.4) is 0 Å². The number of carbonyl (C=O) groups is 1. The quantitative estimate of drug-likeness (QED) is 0.763. The van der Waals surface area contributed by atoms with Crippen molar-refractivity contribution >= 4 is 27.6 Å². The molecular weight excluding hydrogens is 253 g/mol. The highest BCUT2D eigenvalue weighted by Gasteiger charge is 2.37. The van der Waals surface area contributed by atoms with E-state index in [1.807, 2.05) is 0 Å². The molecule has 0 bridgehead atoms. The highest BCUT2D eigenvalue weighted by molar-refractivity contribution is 7.86. The summed E-state index contributed by atoms with van der Waals surface area (Å²) in [7, 11) is -3.08. The minimum Gasteiger partial charge on any atom is -0.276 e. The van der Waals surface area contributed by atoms with Crippen LogP contribution in [-0.4, -0.2) is 15.0 Å². The standard InChI is InChI=1S/C8H4ClF3O2S/c9-7(13)5-1-3-6(4-2-5)15(14)8(10,11)12/h1-4H. The van der Waals surface area contributed by atoms with E-state index in [9.17, 15) is 22.2 Å². The number of rotatable bonds is 2. The topological polar surface area (TPSA) is 34.1 Å². The number of carbonyl (C=O) groups excluding carboxylic acids is 1. The van der Waals surface area contributed by atoms with Gasteiger partial charge in [-0.15, -0.1) is 0 Å². The van der Waals surface area contributed by atoms with E-state index in [2.05, 4.69) is 0 Å². The molecular formula is C8H4ClF3O2S. The Morgan fingerprint density at radius 2 is 1.67 bits per heavy atom. The summed E-state index contributed by atoms with van der Waals surface area (Å²) >= 11 is 5.09. The highest BCUT2D eigenvalue weighted by Crippen LogP contribution is 2.26. The average Bonchev–Trinajstić information content (AvgIpc) is 2.15. The predicted molar refractivity (Wildman–Crippen MR) is 49.1 cm³/mol. The van der Waals surface area contributed by atoms with Crippen molar-refractivity contribution < 1.29 is 22.2 Å². The third-order valence-corrected chi connectivity index (χ3v) is 2.84. The maximum absolute atomic E-state index is 12.0. The van der Waals surface area contributed by atoms with Crippen LogP contribution in [0.25, 0.3) is 0 Å². The van der Waals surface area contributed by atoms with E-state index in [4.69, 9.17) is 11.6 Å². The van der Waals surface area contributed by atoms with E-state index in [1.165, 1.54) is 0 Å². The molecule has 1 aromatic rings. The number of benzene rings is 1. The van der Waals surface area contributed by atoms with Crippen molar-refractivity contribution in [1.29, 1.82) is 0 Å². The summed E-state index contributed by atoms with van der Waals surface area (Å²) in [5.74, 6) is 0. The highest BCUT2D eigenvalue weighted by atomic mass is 35.5. The molecule has 0 spiro atoms. The van der Waals surface area contributed by atoms with Crippen LogP contribution in [0.1, 0.15) is 10.4 Å². The summed E-state index contributed by atoms with van der Waals surface area (Å²) in [6, 6.07) is 4.10. The molecule has 0 aliphatic carbocycles. The molecule has 82 valence electrons. The Morgan fingerprint density at radius 3 is 2.00 bits per heavy atom. The lowest BCUT2D eigenvalue weighted by Gasteiger charge is -2.05. The SMILES string of the molecule is O=C(Cl)c1ccc(S(=O)C(F)(F)F)cc1. The maximum atomic E-state index is 12.0. The third kappa shape index (κ3) is 3.04. The first-order chi connectivity index (χ1) is 6.82. The van der Waals surface area contributed by atoms with Crippen LogP contribution < -0.4 is 0 Å². The molecule has 15 heavy (non-hydrogen) atoms. The van der Waals surface area contributed by atoms with Crippen LogP contribution in [0, 0.1) is 0 Å². The molecule has 0 aromatic heterocycles. The van der Waals surface area contributed by atoms with Crippen molar-refractivity contribution in [3.05, 3.63) is 29.8 Å². The van der Waals surface area contributed by atoms with Gasteiger partial charge in [-0.1, -0.05) is 0 Å². The fraction of sp³-hybridized carbons (Fsp3) is 0.125. The number of hydrogen-bond donors (Lipinski definition) is 0. The molecule has 2 nitrogen and oxygen atoms in total. The van der Waals surface area contributed by atoms with E-state index in [0.29, 0.717) is 0 Å². The van der Waals surface area contributed by atoms with E-state index in [1.54, 1.807) is 0 Å². The first-order valence-corrected chi connectivity index (χ1v) is 5.13. The van der Waals surface area contributed by atoms with Gasteiger partial charge >= 0.3 is 5.51 Å². The first-order valence-electron chi connectivity index (χ1n) is 3.61. The molecule has 1 atom stereocenters. The number of halogens is 4. The second kappa shape index (κ2) is 4.32. The number of hydrogen-bond acceptors (Lipinski definition) is 2. The summed E-state index contributed by atoms with van der Waals surface area (Å²) in [5, 5.41) is -0.778. The minimum absolute atomic E-state index is 0.0552. The maximum Gasteiger partial charge on any atom is 0.475 e. The van der Waals surface area contributed by atoms with Crippen molar-refractivity contribution in [2.75, 3.05) is 0 Å². The molecule has 1 rings (SSSR count). The summed E-state index contributed by atoms with van der Waals surface area (Å²) in [4.78, 5) is 10.2. The fourth-order valence-corrected chi connectivity index (χ4v) is 1.62. The van der Waals surface area contributed by atoms with Crippen LogP contribution in [0.5, 0.6) is 0 Å². The molecule has 1 aromatic carbocycles. The van der Waals surface area contributed by atoms with Crippen molar-refractivity contribution in [2.45, 2.75) is 10.4 Å². The summed E-state index contributed by atoms with van der Waals surface area (Å²) in [6.45, 7) is 0. The van der Waals surface area contributed by atoms with Crippen molar-refractivity contribution in [1.82, 2.24) is 0 Å². The Balaban J connectivity index is 3.00. The lowest BCUT2D eigenvalue weighted by Crippen LogP contribution is -2.16. The van der Waals surface area contributed by atoms with Gasteiger partial charge in [0.05, 0.1) is 0 Å². The zero-order valence-corrected chi connectivity index (χ0v) is 8.62. The van der Waals surface area contributed by atoms with Gasteiger partial charge in [-0.25, -0.2) is 4.21 Å². The van der Waals surface area contributed by atoms with E-state index >= 15 is 0 Å². The largest absolute Gasteiger partial charge is 0.475 e. The van der Waals surface area contributed by atoms with Gasteiger partial charge in [0, 0.05) is 10.5 Å². The molecule has 0 saturated heterocycles. The molecule has 0 aliphatic rings. The van der Waals surface area contributed by atoms with Crippen molar-refractivity contribution in [3.8, 4) is 0 Å². The lowest BCUT2D eigenvalue weighted by atomic mass is 10.2. The second-order valence-corrected chi connectivity index (χ2v) is 4.33. The van der Waals surface area contributed by atoms with Gasteiger partial charge < -0.3 is 0 Å². The molecule has 0 fully saturated rings. The van der Waals surface area contributed by atoms with Gasteiger partial charge in [0.1, 0.15) is 0 Å². The third-order valence-electron chi connectivity index (χ3n) is 1.51. The van der Waals surface area contributed by atoms with E-state index in [0.717, 1.165) is 24.3 Å². The van der Waals surface area contributed by atoms with Gasteiger partial charge in [0.25, 0.3) is 5.24 Å². The zero-order valence-electron chi connectivity index (χ0n) is 7.05. The smallest absolute Gasteiger partial charge is 0.276 e. The first kappa shape index (κ1) is 12.2. The molecule has 0 heterocycles. The monoisotopic (exact) mass is 256 g/mol. The molecule has 1 unspecified atom stereocenters. The fourth-order valence-electron chi connectivity index (χ4n) is 0.843.